The molecule has 0 aliphatic carbocycles. The molecule has 0 spiro atoms. The fraction of sp³-hybridized carbons (Fsp3) is 1.00. The molecule has 16 heavy (non-hydrogen) atoms. The second kappa shape index (κ2) is 5.03. The summed E-state index contributed by atoms with van der Waals surface area (Å²) in [7, 11) is 0. The number of nitrogens with one attached hydrogen (secondary N) is 1. The highest BCUT2D eigenvalue weighted by Crippen LogP contribution is 2.34. The van der Waals surface area contributed by atoms with Crippen LogP contribution in [0.2, 0.25) is 0 Å². The maximum Gasteiger partial charge on any atom is 0.0728 e. The van der Waals surface area contributed by atoms with Gasteiger partial charge in [0.25, 0.3) is 0 Å². The third-order valence-corrected chi connectivity index (χ3v) is 4.45. The number of rotatable bonds is 4. The van der Waals surface area contributed by atoms with E-state index in [0.717, 1.165) is 13.2 Å². The van der Waals surface area contributed by atoms with Gasteiger partial charge in [-0.1, -0.05) is 6.92 Å². The van der Waals surface area contributed by atoms with Crippen molar-refractivity contribution in [1.82, 2.24) is 10.2 Å². The van der Waals surface area contributed by atoms with E-state index in [2.05, 4.69) is 31.0 Å². The third-order valence-electron chi connectivity index (χ3n) is 4.45. The van der Waals surface area contributed by atoms with Gasteiger partial charge in [-0.05, 0) is 39.7 Å². The smallest absolute Gasteiger partial charge is 0.0728 e. The minimum atomic E-state index is 0.280. The summed E-state index contributed by atoms with van der Waals surface area (Å²) in [6.45, 7) is 11.3. The molecule has 1 N–H and O–H groups in total. The van der Waals surface area contributed by atoms with Crippen molar-refractivity contribution in [3.8, 4) is 0 Å². The van der Waals surface area contributed by atoms with E-state index in [1.165, 1.54) is 32.4 Å². The summed E-state index contributed by atoms with van der Waals surface area (Å²) in [4.78, 5) is 2.64. The maximum absolute atomic E-state index is 5.74. The van der Waals surface area contributed by atoms with Crippen LogP contribution in [0.3, 0.4) is 0 Å². The standard InChI is InChI=1S/C13H26N2O/c1-4-7-14-12-5-8-15(10-12)13(3)6-9-16-11(13)2/h11-12,14H,4-10H2,1-3H3. The topological polar surface area (TPSA) is 24.5 Å². The van der Waals surface area contributed by atoms with Gasteiger partial charge in [-0.25, -0.2) is 0 Å². The van der Waals surface area contributed by atoms with E-state index in [0.29, 0.717) is 12.1 Å². The van der Waals surface area contributed by atoms with Crippen LogP contribution in [0.15, 0.2) is 0 Å². The second-order valence-electron chi connectivity index (χ2n) is 5.51. The Morgan fingerprint density at radius 3 is 2.94 bits per heavy atom. The molecular formula is C13H26N2O. The highest BCUT2D eigenvalue weighted by atomic mass is 16.5. The molecule has 0 aromatic rings. The molecular weight excluding hydrogens is 200 g/mol. The zero-order chi connectivity index (χ0) is 11.6. The molecule has 2 aliphatic heterocycles. The molecule has 3 atom stereocenters. The van der Waals surface area contributed by atoms with E-state index < -0.39 is 0 Å². The van der Waals surface area contributed by atoms with Crippen LogP contribution in [0, 0.1) is 0 Å². The summed E-state index contributed by atoms with van der Waals surface area (Å²) in [6, 6.07) is 0.699. The zero-order valence-electron chi connectivity index (χ0n) is 11.0. The summed E-state index contributed by atoms with van der Waals surface area (Å²) < 4.78 is 5.74. The Kier molecular flexibility index (Phi) is 3.88. The van der Waals surface area contributed by atoms with E-state index in [-0.39, 0.29) is 5.54 Å². The molecule has 0 aromatic carbocycles. The van der Waals surface area contributed by atoms with Gasteiger partial charge >= 0.3 is 0 Å². The van der Waals surface area contributed by atoms with Gasteiger partial charge in [0.05, 0.1) is 6.10 Å². The first-order valence-corrected chi connectivity index (χ1v) is 6.77. The van der Waals surface area contributed by atoms with E-state index in [4.69, 9.17) is 4.74 Å². The monoisotopic (exact) mass is 226 g/mol. The predicted molar refractivity (Wildman–Crippen MR) is 66.7 cm³/mol. The highest BCUT2D eigenvalue weighted by Gasteiger charge is 2.44. The maximum atomic E-state index is 5.74. The van der Waals surface area contributed by atoms with Crippen LogP contribution in [-0.2, 0) is 4.74 Å². The molecule has 2 saturated heterocycles. The number of nitrogens with zero attached hydrogens (tertiary/aromatic N) is 1. The molecule has 2 fully saturated rings. The minimum absolute atomic E-state index is 0.280. The first-order chi connectivity index (χ1) is 7.66. The molecule has 3 unspecified atom stereocenters. The Morgan fingerprint density at radius 2 is 2.31 bits per heavy atom. The van der Waals surface area contributed by atoms with Crippen molar-refractivity contribution < 1.29 is 4.74 Å². The SMILES string of the molecule is CCCNC1CCN(C2(C)CCOC2C)C1. The van der Waals surface area contributed by atoms with Crippen molar-refractivity contribution in [3.05, 3.63) is 0 Å². The van der Waals surface area contributed by atoms with Gasteiger partial charge in [-0.15, -0.1) is 0 Å². The summed E-state index contributed by atoms with van der Waals surface area (Å²) >= 11 is 0. The van der Waals surface area contributed by atoms with Gasteiger partial charge in [0, 0.05) is 31.3 Å². The Labute approximate surface area is 99.5 Å². The summed E-state index contributed by atoms with van der Waals surface area (Å²) in [5.41, 5.74) is 0.280. The summed E-state index contributed by atoms with van der Waals surface area (Å²) in [5, 5.41) is 3.63. The van der Waals surface area contributed by atoms with Gasteiger partial charge in [0.1, 0.15) is 0 Å². The molecule has 3 nitrogen and oxygen atoms in total. The Morgan fingerprint density at radius 1 is 1.50 bits per heavy atom. The largest absolute Gasteiger partial charge is 0.377 e. The van der Waals surface area contributed by atoms with Crippen molar-refractivity contribution in [2.24, 2.45) is 0 Å². The first kappa shape index (κ1) is 12.3. The zero-order valence-corrected chi connectivity index (χ0v) is 11.0. The second-order valence-corrected chi connectivity index (χ2v) is 5.51. The van der Waals surface area contributed by atoms with E-state index in [1.54, 1.807) is 0 Å². The van der Waals surface area contributed by atoms with Gasteiger partial charge in [-0.3, -0.25) is 4.90 Å². The number of hydrogen-bond acceptors (Lipinski definition) is 3. The van der Waals surface area contributed by atoms with Crippen LogP contribution in [0.4, 0.5) is 0 Å². The normalized spacial score (nSPS) is 40.7. The molecule has 0 bridgehead atoms. The van der Waals surface area contributed by atoms with Crippen molar-refractivity contribution >= 4 is 0 Å². The average Bonchev–Trinajstić information content (AvgIpc) is 2.85. The van der Waals surface area contributed by atoms with Gasteiger partial charge in [-0.2, -0.15) is 0 Å². The molecule has 0 saturated carbocycles. The van der Waals surface area contributed by atoms with Crippen molar-refractivity contribution in [3.63, 3.8) is 0 Å². The fourth-order valence-electron chi connectivity index (χ4n) is 2.98. The number of likely N-dealkylation sites (tertiary alicyclic amines) is 1. The first-order valence-electron chi connectivity index (χ1n) is 6.77. The van der Waals surface area contributed by atoms with E-state index in [9.17, 15) is 0 Å². The quantitative estimate of drug-likeness (QED) is 0.788. The highest BCUT2D eigenvalue weighted by molar-refractivity contribution is 4.99. The fourth-order valence-corrected chi connectivity index (χ4v) is 2.98. The Hall–Kier alpha value is -0.120. The third kappa shape index (κ3) is 2.27. The minimum Gasteiger partial charge on any atom is -0.377 e. The van der Waals surface area contributed by atoms with E-state index in [1.807, 2.05) is 0 Å². The molecule has 0 aromatic heterocycles. The Bertz CT molecular complexity index is 234. The molecule has 94 valence electrons. The van der Waals surface area contributed by atoms with Crippen molar-refractivity contribution in [1.29, 1.82) is 0 Å². The summed E-state index contributed by atoms with van der Waals surface area (Å²) in [6.07, 6.45) is 4.10. The van der Waals surface area contributed by atoms with Crippen LogP contribution < -0.4 is 5.32 Å². The molecule has 2 aliphatic rings. The molecule has 2 heterocycles. The molecule has 3 heteroatoms. The van der Waals surface area contributed by atoms with Gasteiger partial charge in [0.15, 0.2) is 0 Å². The van der Waals surface area contributed by atoms with Crippen LogP contribution in [0.5, 0.6) is 0 Å². The van der Waals surface area contributed by atoms with Crippen LogP contribution >= 0.6 is 0 Å². The lowest BCUT2D eigenvalue weighted by Crippen LogP contribution is -2.50. The van der Waals surface area contributed by atoms with Gasteiger partial charge in [0.2, 0.25) is 0 Å². The van der Waals surface area contributed by atoms with Crippen LogP contribution in [0.25, 0.3) is 0 Å². The molecule has 0 radical (unpaired) electrons. The van der Waals surface area contributed by atoms with Crippen LogP contribution in [-0.4, -0.2) is 48.8 Å². The van der Waals surface area contributed by atoms with Crippen LogP contribution in [0.1, 0.15) is 40.0 Å². The lowest BCUT2D eigenvalue weighted by atomic mass is 9.93. The van der Waals surface area contributed by atoms with Gasteiger partial charge < -0.3 is 10.1 Å². The lowest BCUT2D eigenvalue weighted by molar-refractivity contribution is 0.0319. The van der Waals surface area contributed by atoms with Crippen molar-refractivity contribution in [2.45, 2.75) is 57.7 Å². The summed E-state index contributed by atoms with van der Waals surface area (Å²) in [5.74, 6) is 0. The lowest BCUT2D eigenvalue weighted by Gasteiger charge is -2.37. The van der Waals surface area contributed by atoms with Crippen molar-refractivity contribution in [2.75, 3.05) is 26.2 Å². The molecule has 2 rings (SSSR count). The number of hydrogen-bond donors (Lipinski definition) is 1. The Balaban J connectivity index is 1.88. The van der Waals surface area contributed by atoms with E-state index >= 15 is 0 Å². The average molecular weight is 226 g/mol. The predicted octanol–water partition coefficient (Wildman–Crippen LogP) is 1.63. The molecule has 0 amide bonds. The number of ether oxygens (including phenoxy) is 1.